The van der Waals surface area contributed by atoms with E-state index < -0.39 is 0 Å². The van der Waals surface area contributed by atoms with Gasteiger partial charge in [0.2, 0.25) is 0 Å². The number of aliphatic hydroxyl groups is 2. The van der Waals surface area contributed by atoms with Gasteiger partial charge in [-0.25, -0.2) is 0 Å². The van der Waals surface area contributed by atoms with E-state index in [4.69, 9.17) is 10.2 Å². The van der Waals surface area contributed by atoms with Crippen LogP contribution in [0.3, 0.4) is 0 Å². The summed E-state index contributed by atoms with van der Waals surface area (Å²) < 4.78 is 0. The van der Waals surface area contributed by atoms with Gasteiger partial charge in [0.25, 0.3) is 0 Å². The second-order valence-corrected chi connectivity index (χ2v) is 6.35. The van der Waals surface area contributed by atoms with Gasteiger partial charge < -0.3 is 10.2 Å². The summed E-state index contributed by atoms with van der Waals surface area (Å²) in [5.74, 6) is 5.45. The molecule has 3 rings (SSSR count). The summed E-state index contributed by atoms with van der Waals surface area (Å²) in [5, 5.41) is 18.1. The molecule has 16 heavy (non-hydrogen) atoms. The fraction of sp³-hybridized carbons (Fsp3) is 1.00. The maximum Gasteiger partial charge on any atom is 0.0433 e. The van der Waals surface area contributed by atoms with E-state index >= 15 is 0 Å². The molecule has 0 amide bonds. The zero-order valence-corrected chi connectivity index (χ0v) is 10.0. The fourth-order valence-corrected chi connectivity index (χ4v) is 5.24. The van der Waals surface area contributed by atoms with Gasteiger partial charge >= 0.3 is 0 Å². The minimum Gasteiger partial charge on any atom is -0.396 e. The maximum atomic E-state index is 9.10. The second kappa shape index (κ2) is 4.30. The van der Waals surface area contributed by atoms with Gasteiger partial charge in [0.05, 0.1) is 0 Å². The maximum absolute atomic E-state index is 9.10. The first-order chi connectivity index (χ1) is 7.83. The normalized spacial score (nSPS) is 49.9. The molecule has 3 saturated carbocycles. The molecule has 2 bridgehead atoms. The van der Waals surface area contributed by atoms with Crippen molar-refractivity contribution in [3.63, 3.8) is 0 Å². The highest BCUT2D eigenvalue weighted by atomic mass is 16.3. The third-order valence-corrected chi connectivity index (χ3v) is 5.74. The molecule has 0 aromatic rings. The van der Waals surface area contributed by atoms with Crippen molar-refractivity contribution in [2.45, 2.75) is 38.5 Å². The van der Waals surface area contributed by atoms with Crippen LogP contribution in [0, 0.1) is 35.5 Å². The van der Waals surface area contributed by atoms with Gasteiger partial charge in [-0.15, -0.1) is 0 Å². The Morgan fingerprint density at radius 2 is 1.50 bits per heavy atom. The van der Waals surface area contributed by atoms with Crippen LogP contribution in [0.15, 0.2) is 0 Å². The van der Waals surface area contributed by atoms with E-state index in [2.05, 4.69) is 0 Å². The molecule has 0 aliphatic heterocycles. The smallest absolute Gasteiger partial charge is 0.0433 e. The molecule has 0 aromatic heterocycles. The van der Waals surface area contributed by atoms with Crippen molar-refractivity contribution in [2.75, 3.05) is 13.2 Å². The predicted octanol–water partition coefficient (Wildman–Crippen LogP) is 2.05. The van der Waals surface area contributed by atoms with Crippen LogP contribution in [0.1, 0.15) is 38.5 Å². The highest BCUT2D eigenvalue weighted by Gasteiger charge is 2.55. The van der Waals surface area contributed by atoms with Crippen LogP contribution in [0.25, 0.3) is 0 Å². The van der Waals surface area contributed by atoms with E-state index in [1.165, 1.54) is 25.7 Å². The molecule has 2 nitrogen and oxygen atoms in total. The Labute approximate surface area is 98.1 Å². The molecular weight excluding hydrogens is 200 g/mol. The quantitative estimate of drug-likeness (QED) is 0.767. The molecule has 2 N–H and O–H groups in total. The molecule has 92 valence electrons. The Hall–Kier alpha value is -0.0800. The molecule has 0 aromatic carbocycles. The van der Waals surface area contributed by atoms with Crippen molar-refractivity contribution >= 4 is 0 Å². The Balaban J connectivity index is 1.65. The Bertz CT molecular complexity index is 253. The number of rotatable bonds is 4. The molecule has 3 fully saturated rings. The predicted molar refractivity (Wildman–Crippen MR) is 62.8 cm³/mol. The Kier molecular flexibility index (Phi) is 2.97. The number of hydrogen-bond donors (Lipinski definition) is 2. The monoisotopic (exact) mass is 224 g/mol. The number of fused-ring (bicyclic) bond motifs is 5. The molecule has 2 heteroatoms. The van der Waals surface area contributed by atoms with Gasteiger partial charge in [-0.3, -0.25) is 0 Å². The summed E-state index contributed by atoms with van der Waals surface area (Å²) in [6.45, 7) is 0.755. The van der Waals surface area contributed by atoms with Crippen LogP contribution in [-0.4, -0.2) is 23.4 Å². The first-order valence-electron chi connectivity index (χ1n) is 7.05. The highest BCUT2D eigenvalue weighted by Crippen LogP contribution is 2.63. The summed E-state index contributed by atoms with van der Waals surface area (Å²) in [6.07, 6.45) is 7.66. The lowest BCUT2D eigenvalue weighted by molar-refractivity contribution is 0.153. The molecular formula is C14H24O2. The van der Waals surface area contributed by atoms with E-state index in [0.717, 1.165) is 48.3 Å². The molecule has 0 heterocycles. The fourth-order valence-electron chi connectivity index (χ4n) is 5.24. The molecule has 0 radical (unpaired) electrons. The van der Waals surface area contributed by atoms with Gasteiger partial charge in [-0.2, -0.15) is 0 Å². The molecule has 6 unspecified atom stereocenters. The van der Waals surface area contributed by atoms with Crippen LogP contribution < -0.4 is 0 Å². The third-order valence-electron chi connectivity index (χ3n) is 5.74. The zero-order chi connectivity index (χ0) is 11.1. The molecule has 0 saturated heterocycles. The standard InChI is InChI=1S/C14H24O2/c15-3-1-9-5-12-11-7-10(2-4-16)13(8-11)14(12)6-9/h9-16H,1-8H2. The summed E-state index contributed by atoms with van der Waals surface area (Å²) in [5.41, 5.74) is 0. The molecule has 3 aliphatic rings. The lowest BCUT2D eigenvalue weighted by Crippen LogP contribution is -2.24. The van der Waals surface area contributed by atoms with Crippen LogP contribution in [0.2, 0.25) is 0 Å². The van der Waals surface area contributed by atoms with Crippen molar-refractivity contribution in [1.29, 1.82) is 0 Å². The lowest BCUT2D eigenvalue weighted by Gasteiger charge is -2.31. The van der Waals surface area contributed by atoms with Crippen LogP contribution >= 0.6 is 0 Å². The largest absolute Gasteiger partial charge is 0.396 e. The van der Waals surface area contributed by atoms with Crippen molar-refractivity contribution in [1.82, 2.24) is 0 Å². The highest BCUT2D eigenvalue weighted by molar-refractivity contribution is 5.04. The first-order valence-corrected chi connectivity index (χ1v) is 7.05. The first kappa shape index (κ1) is 11.0. The second-order valence-electron chi connectivity index (χ2n) is 6.35. The lowest BCUT2D eigenvalue weighted by atomic mass is 9.75. The van der Waals surface area contributed by atoms with Crippen molar-refractivity contribution in [3.05, 3.63) is 0 Å². The van der Waals surface area contributed by atoms with Crippen molar-refractivity contribution in [2.24, 2.45) is 35.5 Å². The van der Waals surface area contributed by atoms with E-state index in [0.29, 0.717) is 13.2 Å². The molecule has 3 aliphatic carbocycles. The van der Waals surface area contributed by atoms with Crippen molar-refractivity contribution < 1.29 is 10.2 Å². The number of aliphatic hydroxyl groups excluding tert-OH is 2. The van der Waals surface area contributed by atoms with Gasteiger partial charge in [0.15, 0.2) is 0 Å². The van der Waals surface area contributed by atoms with E-state index in [-0.39, 0.29) is 0 Å². The summed E-state index contributed by atoms with van der Waals surface area (Å²) >= 11 is 0. The minimum absolute atomic E-state index is 0.375. The van der Waals surface area contributed by atoms with Crippen molar-refractivity contribution in [3.8, 4) is 0 Å². The van der Waals surface area contributed by atoms with E-state index in [1.807, 2.05) is 0 Å². The molecule has 0 spiro atoms. The van der Waals surface area contributed by atoms with Gasteiger partial charge in [0.1, 0.15) is 0 Å². The van der Waals surface area contributed by atoms with E-state index in [9.17, 15) is 0 Å². The zero-order valence-electron chi connectivity index (χ0n) is 10.0. The number of hydrogen-bond acceptors (Lipinski definition) is 2. The van der Waals surface area contributed by atoms with Crippen LogP contribution in [0.4, 0.5) is 0 Å². The van der Waals surface area contributed by atoms with Crippen LogP contribution in [-0.2, 0) is 0 Å². The van der Waals surface area contributed by atoms with E-state index in [1.54, 1.807) is 0 Å². The van der Waals surface area contributed by atoms with Gasteiger partial charge in [0, 0.05) is 13.2 Å². The SMILES string of the molecule is OCCC1CC2C3CC(CCO)C(C3)C2C1. The summed E-state index contributed by atoms with van der Waals surface area (Å²) in [6, 6.07) is 0. The minimum atomic E-state index is 0.375. The molecule has 6 atom stereocenters. The average Bonchev–Trinajstić information content (AvgIpc) is 2.88. The van der Waals surface area contributed by atoms with Crippen LogP contribution in [0.5, 0.6) is 0 Å². The topological polar surface area (TPSA) is 40.5 Å². The average molecular weight is 224 g/mol. The summed E-state index contributed by atoms with van der Waals surface area (Å²) in [7, 11) is 0. The Morgan fingerprint density at radius 1 is 0.750 bits per heavy atom. The third kappa shape index (κ3) is 1.62. The summed E-state index contributed by atoms with van der Waals surface area (Å²) in [4.78, 5) is 0. The Morgan fingerprint density at radius 3 is 2.25 bits per heavy atom. The van der Waals surface area contributed by atoms with Gasteiger partial charge in [-0.05, 0) is 74.0 Å². The van der Waals surface area contributed by atoms with Gasteiger partial charge in [-0.1, -0.05) is 0 Å².